The Hall–Kier alpha value is -8.14. The Morgan fingerprint density at radius 3 is 1.71 bits per heavy atom. The smallest absolute Gasteiger partial charge is 0.152 e. The van der Waals surface area contributed by atoms with Gasteiger partial charge in [0.15, 0.2) is 11.5 Å². The number of anilines is 3. The molecule has 0 atom stereocenters. The van der Waals surface area contributed by atoms with Gasteiger partial charge in [0.1, 0.15) is 0 Å². The average molecular weight is 789 g/mol. The van der Waals surface area contributed by atoms with Crippen LogP contribution >= 0.6 is 0 Å². The van der Waals surface area contributed by atoms with Gasteiger partial charge in [0, 0.05) is 27.8 Å². The van der Waals surface area contributed by atoms with Gasteiger partial charge in [-0.25, -0.2) is 0 Å². The lowest BCUT2D eigenvalue weighted by Crippen LogP contribution is -2.26. The summed E-state index contributed by atoms with van der Waals surface area (Å²) in [5.41, 5.74) is 19.2. The minimum absolute atomic E-state index is 0.432. The largest absolute Gasteiger partial charge is 0.453 e. The van der Waals surface area contributed by atoms with E-state index >= 15 is 0 Å². The van der Waals surface area contributed by atoms with E-state index < -0.39 is 5.41 Å². The first-order valence-electron chi connectivity index (χ1n) is 21.4. The van der Waals surface area contributed by atoms with Crippen molar-refractivity contribution in [1.82, 2.24) is 4.57 Å². The average Bonchev–Trinajstić information content (AvgIpc) is 3.95. The Morgan fingerprint density at radius 2 is 0.952 bits per heavy atom. The van der Waals surface area contributed by atoms with E-state index in [2.05, 4.69) is 222 Å². The molecule has 2 aliphatic carbocycles. The summed E-state index contributed by atoms with van der Waals surface area (Å²) in [5.74, 6) is 1.75. The van der Waals surface area contributed by atoms with Gasteiger partial charge in [-0.15, -0.1) is 0 Å². The molecule has 62 heavy (non-hydrogen) atoms. The molecule has 14 rings (SSSR count). The third kappa shape index (κ3) is 4.39. The summed E-state index contributed by atoms with van der Waals surface area (Å²) in [4.78, 5) is 2.44. The van der Waals surface area contributed by atoms with E-state index in [-0.39, 0.29) is 0 Å². The highest BCUT2D eigenvalue weighted by atomic mass is 16.5. The van der Waals surface area contributed by atoms with E-state index in [1.54, 1.807) is 0 Å². The van der Waals surface area contributed by atoms with Gasteiger partial charge in [-0.2, -0.15) is 0 Å². The van der Waals surface area contributed by atoms with Gasteiger partial charge in [0.25, 0.3) is 0 Å². The number of hydrogen-bond acceptors (Lipinski definition) is 2. The number of rotatable bonds is 4. The monoisotopic (exact) mass is 788 g/mol. The summed E-state index contributed by atoms with van der Waals surface area (Å²) in [7, 11) is 0. The van der Waals surface area contributed by atoms with Gasteiger partial charge in [0.2, 0.25) is 0 Å². The van der Waals surface area contributed by atoms with Crippen molar-refractivity contribution in [2.45, 2.75) is 5.41 Å². The summed E-state index contributed by atoms with van der Waals surface area (Å²) in [6.07, 6.45) is 0. The molecular weight excluding hydrogens is 753 g/mol. The zero-order chi connectivity index (χ0) is 40.5. The Morgan fingerprint density at radius 1 is 0.387 bits per heavy atom. The number of fused-ring (bicyclic) bond motifs is 16. The summed E-state index contributed by atoms with van der Waals surface area (Å²) >= 11 is 0. The first kappa shape index (κ1) is 33.7. The molecule has 288 valence electrons. The Labute approximate surface area is 359 Å². The van der Waals surface area contributed by atoms with Crippen LogP contribution in [0.25, 0.3) is 71.6 Å². The third-order valence-corrected chi connectivity index (χ3v) is 13.8. The predicted molar refractivity (Wildman–Crippen MR) is 255 cm³/mol. The van der Waals surface area contributed by atoms with E-state index in [0.717, 1.165) is 39.8 Å². The molecule has 0 radical (unpaired) electrons. The van der Waals surface area contributed by atoms with Gasteiger partial charge >= 0.3 is 0 Å². The standard InChI is InChI=1S/C59H36N2O/c1-2-14-39-35-41(32-27-37(39)13-1)60(42-33-34-47-46-17-5-8-22-51(46)59(52(47)36-42)49-20-6-3-15-44(49)45-16-4-7-21-50(45)59)40-30-28-38(29-31-40)43-18-11-24-54-57(43)48-19-12-26-56-58(48)61(54)53-23-9-10-25-55(53)62-56/h1-36H. The van der Waals surface area contributed by atoms with Gasteiger partial charge in [-0.05, 0) is 127 Å². The maximum Gasteiger partial charge on any atom is 0.152 e. The molecule has 0 saturated carbocycles. The van der Waals surface area contributed by atoms with Crippen molar-refractivity contribution in [3.63, 3.8) is 0 Å². The zero-order valence-corrected chi connectivity index (χ0v) is 33.6. The maximum atomic E-state index is 6.46. The van der Waals surface area contributed by atoms with Crippen molar-refractivity contribution in [3.8, 4) is 50.6 Å². The normalized spacial score (nSPS) is 13.4. The van der Waals surface area contributed by atoms with Crippen LogP contribution in [0, 0.1) is 0 Å². The minimum Gasteiger partial charge on any atom is -0.453 e. The van der Waals surface area contributed by atoms with E-state index in [9.17, 15) is 0 Å². The Bertz CT molecular complexity index is 3620. The third-order valence-electron chi connectivity index (χ3n) is 13.8. The van der Waals surface area contributed by atoms with E-state index in [1.807, 2.05) is 6.07 Å². The van der Waals surface area contributed by atoms with Gasteiger partial charge in [-0.1, -0.05) is 158 Å². The highest BCUT2D eigenvalue weighted by molar-refractivity contribution is 6.17. The summed E-state index contributed by atoms with van der Waals surface area (Å²) in [5, 5.41) is 4.85. The molecule has 1 aliphatic heterocycles. The molecule has 0 amide bonds. The van der Waals surface area contributed by atoms with Crippen molar-refractivity contribution >= 4 is 49.6 Å². The Balaban J connectivity index is 0.970. The molecule has 0 unspecified atom stereocenters. The quantitative estimate of drug-likeness (QED) is 0.177. The molecule has 0 bridgehead atoms. The van der Waals surface area contributed by atoms with Crippen LogP contribution in [0.2, 0.25) is 0 Å². The molecule has 10 aromatic carbocycles. The van der Waals surface area contributed by atoms with Gasteiger partial charge in [-0.3, -0.25) is 0 Å². The molecule has 0 fully saturated rings. The molecule has 2 heterocycles. The second kappa shape index (κ2) is 12.4. The molecule has 3 heteroatoms. The lowest BCUT2D eigenvalue weighted by molar-refractivity contribution is 0.476. The molecule has 3 aliphatic rings. The van der Waals surface area contributed by atoms with Gasteiger partial charge < -0.3 is 14.2 Å². The first-order chi connectivity index (χ1) is 30.8. The molecule has 0 N–H and O–H groups in total. The second-order valence-electron chi connectivity index (χ2n) is 16.8. The molecule has 11 aromatic rings. The number of benzene rings is 10. The molecule has 1 aromatic heterocycles. The highest BCUT2D eigenvalue weighted by Crippen LogP contribution is 2.63. The molecular formula is C59H36N2O. The van der Waals surface area contributed by atoms with Crippen molar-refractivity contribution in [1.29, 1.82) is 0 Å². The Kier molecular flexibility index (Phi) is 6.76. The minimum atomic E-state index is -0.432. The fourth-order valence-corrected chi connectivity index (χ4v) is 11.3. The maximum absolute atomic E-state index is 6.46. The van der Waals surface area contributed by atoms with E-state index in [0.29, 0.717) is 0 Å². The van der Waals surface area contributed by atoms with Crippen LogP contribution in [-0.4, -0.2) is 4.57 Å². The first-order valence-corrected chi connectivity index (χ1v) is 21.4. The lowest BCUT2D eigenvalue weighted by atomic mass is 9.70. The summed E-state index contributed by atoms with van der Waals surface area (Å²) in [6.45, 7) is 0. The van der Waals surface area contributed by atoms with Crippen molar-refractivity contribution < 1.29 is 4.74 Å². The van der Waals surface area contributed by atoms with Crippen LogP contribution in [0.3, 0.4) is 0 Å². The number of hydrogen-bond donors (Lipinski definition) is 0. The highest BCUT2D eigenvalue weighted by Gasteiger charge is 2.51. The van der Waals surface area contributed by atoms with Crippen LogP contribution in [0.5, 0.6) is 11.5 Å². The molecule has 0 saturated heterocycles. The van der Waals surface area contributed by atoms with Crippen molar-refractivity contribution in [2.75, 3.05) is 4.90 Å². The van der Waals surface area contributed by atoms with Gasteiger partial charge in [0.05, 0.1) is 22.1 Å². The molecule has 1 spiro atoms. The van der Waals surface area contributed by atoms with Crippen LogP contribution in [0.1, 0.15) is 22.3 Å². The summed E-state index contributed by atoms with van der Waals surface area (Å²) in [6, 6.07) is 80.4. The number of nitrogens with zero attached hydrogens (tertiary/aromatic N) is 2. The number of para-hydroxylation sites is 3. The lowest BCUT2D eigenvalue weighted by Gasteiger charge is -2.32. The number of ether oxygens (including phenoxy) is 1. The van der Waals surface area contributed by atoms with Crippen molar-refractivity contribution in [2.24, 2.45) is 0 Å². The number of aromatic nitrogens is 1. The summed E-state index contributed by atoms with van der Waals surface area (Å²) < 4.78 is 8.84. The second-order valence-corrected chi connectivity index (χ2v) is 16.8. The fourth-order valence-electron chi connectivity index (χ4n) is 11.3. The SMILES string of the molecule is c1ccc2c(c1)Oc1cccc3c4c(-c5ccc(N(c6ccc7c(c6)C6(c8ccccc8-c8ccccc86)c6ccccc6-7)c6ccc7ccccc7c6)cc5)cccc4n-2c13. The van der Waals surface area contributed by atoms with Crippen LogP contribution in [0.15, 0.2) is 218 Å². The zero-order valence-electron chi connectivity index (χ0n) is 33.6. The topological polar surface area (TPSA) is 17.4 Å². The fraction of sp³-hybridized carbons (Fsp3) is 0.0169. The molecule has 3 nitrogen and oxygen atoms in total. The van der Waals surface area contributed by atoms with Crippen molar-refractivity contribution in [3.05, 3.63) is 241 Å². The van der Waals surface area contributed by atoms with Crippen LogP contribution in [-0.2, 0) is 5.41 Å². The van der Waals surface area contributed by atoms with E-state index in [4.69, 9.17) is 4.74 Å². The predicted octanol–water partition coefficient (Wildman–Crippen LogP) is 15.5. The van der Waals surface area contributed by atoms with E-state index in [1.165, 1.54) is 82.7 Å². The van der Waals surface area contributed by atoms with Crippen LogP contribution in [0.4, 0.5) is 17.1 Å². The van der Waals surface area contributed by atoms with Crippen LogP contribution < -0.4 is 9.64 Å².